The number of hydrogen-bond donors (Lipinski definition) is 5. The highest BCUT2D eigenvalue weighted by molar-refractivity contribution is 8.10. The third-order valence-electron chi connectivity index (χ3n) is 1.56. The van der Waals surface area contributed by atoms with Crippen molar-refractivity contribution >= 4 is 24.4 Å². The molecular weight excluding hydrogens is 188 g/mol. The number of aliphatic hydroxyl groups is 4. The molecule has 0 aromatic carbocycles. The minimum atomic E-state index is -1.31. The van der Waals surface area contributed by atoms with E-state index in [1.54, 1.807) is 0 Å². The quantitative estimate of drug-likeness (QED) is 0.303. The van der Waals surface area contributed by atoms with Gasteiger partial charge in [0, 0.05) is 0 Å². The Morgan fingerprint density at radius 1 is 0.909 bits per heavy atom. The van der Waals surface area contributed by atoms with Gasteiger partial charge in [0.1, 0.15) is 23.7 Å². The van der Waals surface area contributed by atoms with Crippen LogP contribution in [-0.2, 0) is 0 Å². The van der Waals surface area contributed by atoms with Crippen molar-refractivity contribution in [2.45, 2.75) is 28.3 Å². The molecular formula is C5H10O4S2. The maximum absolute atomic E-state index is 9.12. The molecule has 0 bridgehead atoms. The zero-order valence-corrected chi connectivity index (χ0v) is 7.24. The molecule has 1 aliphatic heterocycles. The van der Waals surface area contributed by atoms with E-state index in [2.05, 4.69) is 12.6 Å². The van der Waals surface area contributed by atoms with Crippen LogP contribution in [0.5, 0.6) is 0 Å². The van der Waals surface area contributed by atoms with Crippen LogP contribution in [0.25, 0.3) is 0 Å². The van der Waals surface area contributed by atoms with E-state index < -0.39 is 28.3 Å². The summed E-state index contributed by atoms with van der Waals surface area (Å²) >= 11 is 4.82. The van der Waals surface area contributed by atoms with E-state index in [4.69, 9.17) is 20.4 Å². The molecule has 66 valence electrons. The lowest BCUT2D eigenvalue weighted by molar-refractivity contribution is -0.0858. The van der Waals surface area contributed by atoms with Crippen molar-refractivity contribution < 1.29 is 20.4 Å². The summed E-state index contributed by atoms with van der Waals surface area (Å²) in [7, 11) is 0. The van der Waals surface area contributed by atoms with Crippen molar-refractivity contribution in [2.75, 3.05) is 0 Å². The first kappa shape index (κ1) is 9.63. The Bertz CT molecular complexity index is 130. The zero-order chi connectivity index (χ0) is 8.59. The molecule has 0 spiro atoms. The van der Waals surface area contributed by atoms with Gasteiger partial charge in [0.05, 0.1) is 4.58 Å². The Labute approximate surface area is 73.6 Å². The highest BCUT2D eigenvalue weighted by Gasteiger charge is 2.40. The van der Waals surface area contributed by atoms with Gasteiger partial charge in [0.25, 0.3) is 0 Å². The van der Waals surface area contributed by atoms with Crippen molar-refractivity contribution in [2.24, 2.45) is 0 Å². The van der Waals surface area contributed by atoms with Crippen molar-refractivity contribution in [1.82, 2.24) is 0 Å². The Hall–Kier alpha value is 0.540. The van der Waals surface area contributed by atoms with Crippen molar-refractivity contribution in [1.29, 1.82) is 0 Å². The summed E-state index contributed by atoms with van der Waals surface area (Å²) in [5.41, 5.74) is -1.07. The number of rotatable bonds is 0. The van der Waals surface area contributed by atoms with Crippen LogP contribution in [0.4, 0.5) is 0 Å². The van der Waals surface area contributed by atoms with Crippen molar-refractivity contribution in [3.05, 3.63) is 0 Å². The van der Waals surface area contributed by atoms with Crippen LogP contribution in [0.1, 0.15) is 0 Å². The third-order valence-corrected chi connectivity index (χ3v) is 3.35. The second kappa shape index (κ2) is 3.51. The van der Waals surface area contributed by atoms with E-state index in [0.717, 1.165) is 11.8 Å². The first-order valence-corrected chi connectivity index (χ1v) is 4.55. The summed E-state index contributed by atoms with van der Waals surface area (Å²) in [5, 5.41) is 36.2. The Balaban J connectivity index is 2.63. The third kappa shape index (κ3) is 1.82. The lowest BCUT2D eigenvalue weighted by Gasteiger charge is -2.35. The molecule has 0 aromatic rings. The Morgan fingerprint density at radius 3 is 2.00 bits per heavy atom. The molecule has 1 saturated heterocycles. The fourth-order valence-corrected chi connectivity index (χ4v) is 2.32. The molecule has 0 aliphatic carbocycles. The van der Waals surface area contributed by atoms with Gasteiger partial charge in [0.2, 0.25) is 0 Å². The van der Waals surface area contributed by atoms with Crippen LogP contribution < -0.4 is 0 Å². The molecule has 4 nitrogen and oxygen atoms in total. The second-order valence-electron chi connectivity index (χ2n) is 2.39. The van der Waals surface area contributed by atoms with Gasteiger partial charge in [-0.05, 0) is 0 Å². The summed E-state index contributed by atoms with van der Waals surface area (Å²) in [5.74, 6) is 0. The standard InChI is InChI=1S/C5H10O4S2/c6-1-2(7)4(9)11-5(10)3(1)8/h1-10H/t1-,2-,3-,4-,5?/m0/s1. The minimum absolute atomic E-state index is 0.552. The minimum Gasteiger partial charge on any atom is -0.388 e. The van der Waals surface area contributed by atoms with E-state index in [9.17, 15) is 0 Å². The summed E-state index contributed by atoms with van der Waals surface area (Å²) < 4.78 is -0.552. The van der Waals surface area contributed by atoms with Gasteiger partial charge in [-0.3, -0.25) is 0 Å². The first-order valence-electron chi connectivity index (χ1n) is 3.10. The maximum atomic E-state index is 9.12. The average Bonchev–Trinajstić information content (AvgIpc) is 1.97. The largest absolute Gasteiger partial charge is 0.388 e. The molecule has 0 saturated carbocycles. The summed E-state index contributed by atoms with van der Waals surface area (Å²) in [4.78, 5) is 0. The topological polar surface area (TPSA) is 80.9 Å². The van der Waals surface area contributed by atoms with Crippen LogP contribution in [0.15, 0.2) is 0 Å². The number of thioether (sulfide) groups is 1. The first-order chi connectivity index (χ1) is 5.04. The van der Waals surface area contributed by atoms with Gasteiger partial charge in [-0.1, -0.05) is 0 Å². The molecule has 0 aromatic heterocycles. The highest BCUT2D eigenvalue weighted by atomic mass is 32.2. The summed E-state index contributed by atoms with van der Waals surface area (Å²) in [6, 6.07) is 0. The van der Waals surface area contributed by atoms with Crippen LogP contribution in [0.2, 0.25) is 0 Å². The van der Waals surface area contributed by atoms with Crippen molar-refractivity contribution in [3.8, 4) is 0 Å². The number of hydrogen-bond acceptors (Lipinski definition) is 6. The summed E-state index contributed by atoms with van der Waals surface area (Å²) in [6.07, 6.45) is -3.70. The zero-order valence-electron chi connectivity index (χ0n) is 5.53. The van der Waals surface area contributed by atoms with Crippen LogP contribution in [-0.4, -0.2) is 48.8 Å². The van der Waals surface area contributed by atoms with Crippen molar-refractivity contribution in [3.63, 3.8) is 0 Å². The molecule has 1 rings (SSSR count). The highest BCUT2D eigenvalue weighted by Crippen LogP contribution is 2.32. The molecule has 6 heteroatoms. The van der Waals surface area contributed by atoms with E-state index >= 15 is 0 Å². The number of aliphatic hydroxyl groups excluding tert-OH is 4. The molecule has 0 amide bonds. The molecule has 1 heterocycles. The Kier molecular flexibility index (Phi) is 3.07. The lowest BCUT2D eigenvalue weighted by Crippen LogP contribution is -2.51. The van der Waals surface area contributed by atoms with Gasteiger partial charge in [0.15, 0.2) is 0 Å². The van der Waals surface area contributed by atoms with Gasteiger partial charge < -0.3 is 20.4 Å². The molecule has 11 heavy (non-hydrogen) atoms. The predicted octanol–water partition coefficient (Wildman–Crippen LogP) is -1.61. The van der Waals surface area contributed by atoms with Crippen LogP contribution in [0.3, 0.4) is 0 Å². The molecule has 5 atom stereocenters. The number of thiol groups is 1. The van der Waals surface area contributed by atoms with Crippen LogP contribution in [0, 0.1) is 0 Å². The van der Waals surface area contributed by atoms with Gasteiger partial charge >= 0.3 is 0 Å². The van der Waals surface area contributed by atoms with Crippen LogP contribution >= 0.6 is 24.4 Å². The molecule has 1 unspecified atom stereocenters. The fourth-order valence-electron chi connectivity index (χ4n) is 0.843. The molecule has 1 aliphatic rings. The monoisotopic (exact) mass is 198 g/mol. The van der Waals surface area contributed by atoms with Gasteiger partial charge in [-0.15, -0.1) is 11.8 Å². The lowest BCUT2D eigenvalue weighted by atomic mass is 10.1. The van der Waals surface area contributed by atoms with E-state index in [-0.39, 0.29) is 0 Å². The fraction of sp³-hybridized carbons (Fsp3) is 1.00. The maximum Gasteiger partial charge on any atom is 0.129 e. The molecule has 0 radical (unpaired) electrons. The van der Waals surface area contributed by atoms with E-state index in [1.165, 1.54) is 0 Å². The second-order valence-corrected chi connectivity index (χ2v) is 4.56. The summed E-state index contributed by atoms with van der Waals surface area (Å²) in [6.45, 7) is 0. The normalized spacial score (nSPS) is 52.6. The predicted molar refractivity (Wildman–Crippen MR) is 44.4 cm³/mol. The van der Waals surface area contributed by atoms with E-state index in [0.29, 0.717) is 0 Å². The smallest absolute Gasteiger partial charge is 0.129 e. The van der Waals surface area contributed by atoms with Gasteiger partial charge in [-0.25, -0.2) is 0 Å². The molecule has 1 fully saturated rings. The SMILES string of the molecule is O[C@H]1[C@H](O)[C@@H](O)SC(S)[C@H]1O. The van der Waals surface area contributed by atoms with E-state index in [1.807, 2.05) is 0 Å². The average molecular weight is 198 g/mol. The molecule has 4 N–H and O–H groups in total. The Morgan fingerprint density at radius 2 is 1.45 bits per heavy atom. The van der Waals surface area contributed by atoms with Gasteiger partial charge in [-0.2, -0.15) is 12.6 Å².